The lowest BCUT2D eigenvalue weighted by molar-refractivity contribution is 0.0922. The van der Waals surface area contributed by atoms with E-state index < -0.39 is 0 Å². The van der Waals surface area contributed by atoms with Crippen LogP contribution in [0.1, 0.15) is 10.4 Å². The summed E-state index contributed by atoms with van der Waals surface area (Å²) in [6.07, 6.45) is 0. The highest BCUT2D eigenvalue weighted by Gasteiger charge is 2.16. The van der Waals surface area contributed by atoms with E-state index in [1.807, 2.05) is 54.6 Å². The fourth-order valence-corrected chi connectivity index (χ4v) is 2.77. The van der Waals surface area contributed by atoms with E-state index in [2.05, 4.69) is 10.6 Å². The van der Waals surface area contributed by atoms with Gasteiger partial charge in [-0.1, -0.05) is 48.5 Å². The first kappa shape index (κ1) is 15.7. The largest absolute Gasteiger partial charge is 0.380 e. The third-order valence-electron chi connectivity index (χ3n) is 4.02. The Kier molecular flexibility index (Phi) is 5.40. The first-order valence-electron chi connectivity index (χ1n) is 8.05. The summed E-state index contributed by atoms with van der Waals surface area (Å²) in [6, 6.07) is 17.7. The topological polar surface area (TPSA) is 50.4 Å². The van der Waals surface area contributed by atoms with Crippen LogP contribution >= 0.6 is 0 Å². The quantitative estimate of drug-likeness (QED) is 0.911. The molecule has 2 aromatic rings. The van der Waals surface area contributed by atoms with Crippen LogP contribution in [0.5, 0.6) is 0 Å². The molecule has 1 saturated heterocycles. The molecular formula is C19H22N2O2. The zero-order valence-electron chi connectivity index (χ0n) is 13.1. The molecule has 1 fully saturated rings. The number of benzene rings is 2. The molecule has 0 aromatic heterocycles. The first-order valence-corrected chi connectivity index (χ1v) is 8.05. The van der Waals surface area contributed by atoms with Crippen LogP contribution in [0.2, 0.25) is 0 Å². The fourth-order valence-electron chi connectivity index (χ4n) is 2.77. The smallest absolute Gasteiger partial charge is 0.251 e. The summed E-state index contributed by atoms with van der Waals surface area (Å²) in [5, 5.41) is 6.37. The summed E-state index contributed by atoms with van der Waals surface area (Å²) < 4.78 is 5.52. The van der Waals surface area contributed by atoms with Crippen molar-refractivity contribution in [2.75, 3.05) is 32.8 Å². The van der Waals surface area contributed by atoms with Gasteiger partial charge in [-0.05, 0) is 17.2 Å². The zero-order chi connectivity index (χ0) is 15.9. The minimum atomic E-state index is -0.0336. The van der Waals surface area contributed by atoms with E-state index >= 15 is 0 Å². The van der Waals surface area contributed by atoms with Gasteiger partial charge >= 0.3 is 0 Å². The summed E-state index contributed by atoms with van der Waals surface area (Å²) in [4.78, 5) is 12.6. The van der Waals surface area contributed by atoms with Crippen molar-refractivity contribution < 1.29 is 9.53 Å². The minimum absolute atomic E-state index is 0.0336. The van der Waals surface area contributed by atoms with Crippen molar-refractivity contribution in [3.63, 3.8) is 0 Å². The lowest BCUT2D eigenvalue weighted by Crippen LogP contribution is -2.35. The van der Waals surface area contributed by atoms with Crippen molar-refractivity contribution >= 4 is 5.91 Å². The minimum Gasteiger partial charge on any atom is -0.380 e. The number of carbonyl (C=O) groups is 1. The molecule has 1 unspecified atom stereocenters. The molecule has 1 aliphatic rings. The first-order chi connectivity index (χ1) is 11.3. The lowest BCUT2D eigenvalue weighted by atomic mass is 9.99. The van der Waals surface area contributed by atoms with Crippen LogP contribution in [0, 0.1) is 5.92 Å². The second-order valence-corrected chi connectivity index (χ2v) is 5.77. The van der Waals surface area contributed by atoms with Gasteiger partial charge in [0.2, 0.25) is 0 Å². The van der Waals surface area contributed by atoms with Crippen LogP contribution < -0.4 is 10.6 Å². The molecule has 4 nitrogen and oxygen atoms in total. The Morgan fingerprint density at radius 2 is 1.91 bits per heavy atom. The van der Waals surface area contributed by atoms with Gasteiger partial charge in [0.15, 0.2) is 0 Å². The Hall–Kier alpha value is -2.17. The molecule has 1 heterocycles. The van der Waals surface area contributed by atoms with Gasteiger partial charge in [0.05, 0.1) is 13.2 Å². The van der Waals surface area contributed by atoms with Gasteiger partial charge in [0.1, 0.15) is 0 Å². The molecule has 23 heavy (non-hydrogen) atoms. The third-order valence-corrected chi connectivity index (χ3v) is 4.02. The maximum Gasteiger partial charge on any atom is 0.251 e. The average Bonchev–Trinajstić information content (AvgIpc) is 2.89. The molecule has 3 rings (SSSR count). The van der Waals surface area contributed by atoms with Gasteiger partial charge < -0.3 is 15.4 Å². The van der Waals surface area contributed by atoms with Crippen LogP contribution in [0.15, 0.2) is 54.6 Å². The molecule has 120 valence electrons. The summed E-state index contributed by atoms with van der Waals surface area (Å²) in [7, 11) is 0. The maximum absolute atomic E-state index is 12.6. The molecule has 0 radical (unpaired) electrons. The molecule has 1 amide bonds. The van der Waals surface area contributed by atoms with Crippen LogP contribution in [-0.4, -0.2) is 38.8 Å². The van der Waals surface area contributed by atoms with Crippen LogP contribution in [0.25, 0.3) is 11.1 Å². The molecule has 0 bridgehead atoms. The number of hydrogen-bond donors (Lipinski definition) is 2. The Morgan fingerprint density at radius 1 is 1.13 bits per heavy atom. The van der Waals surface area contributed by atoms with E-state index in [4.69, 9.17) is 4.74 Å². The molecule has 4 heteroatoms. The van der Waals surface area contributed by atoms with E-state index in [1.165, 1.54) is 0 Å². The van der Waals surface area contributed by atoms with E-state index in [0.29, 0.717) is 24.6 Å². The molecule has 0 aliphatic carbocycles. The van der Waals surface area contributed by atoms with Crippen LogP contribution in [0.4, 0.5) is 0 Å². The monoisotopic (exact) mass is 310 g/mol. The normalized spacial score (nSPS) is 18.2. The van der Waals surface area contributed by atoms with E-state index in [0.717, 1.165) is 30.8 Å². The van der Waals surface area contributed by atoms with Crippen molar-refractivity contribution in [1.82, 2.24) is 10.6 Å². The second kappa shape index (κ2) is 7.90. The summed E-state index contributed by atoms with van der Waals surface area (Å²) in [6.45, 7) is 3.80. The number of rotatable bonds is 4. The van der Waals surface area contributed by atoms with Gasteiger partial charge in [0.25, 0.3) is 5.91 Å². The van der Waals surface area contributed by atoms with Crippen LogP contribution in [0.3, 0.4) is 0 Å². The summed E-state index contributed by atoms with van der Waals surface area (Å²) in [5.74, 6) is 0.277. The molecule has 1 aliphatic heterocycles. The van der Waals surface area contributed by atoms with Crippen molar-refractivity contribution in [2.24, 2.45) is 5.92 Å². The fraction of sp³-hybridized carbons (Fsp3) is 0.316. The number of nitrogens with one attached hydrogen (secondary N) is 2. The number of hydrogen-bond acceptors (Lipinski definition) is 3. The Bertz CT molecular complexity index is 635. The maximum atomic E-state index is 12.6. The van der Waals surface area contributed by atoms with Gasteiger partial charge in [-0.3, -0.25) is 4.79 Å². The molecule has 0 spiro atoms. The van der Waals surface area contributed by atoms with E-state index in [1.54, 1.807) is 0 Å². The SMILES string of the molecule is O=C(NCC1CNCCOC1)c1ccccc1-c1ccccc1. The highest BCUT2D eigenvalue weighted by atomic mass is 16.5. The molecule has 0 saturated carbocycles. The average molecular weight is 310 g/mol. The van der Waals surface area contributed by atoms with Gasteiger partial charge in [-0.2, -0.15) is 0 Å². The van der Waals surface area contributed by atoms with Crippen LogP contribution in [-0.2, 0) is 4.74 Å². The summed E-state index contributed by atoms with van der Waals surface area (Å²) in [5.41, 5.74) is 2.72. The molecule has 1 atom stereocenters. The second-order valence-electron chi connectivity index (χ2n) is 5.77. The Balaban J connectivity index is 1.70. The number of ether oxygens (including phenoxy) is 1. The van der Waals surface area contributed by atoms with Crippen molar-refractivity contribution in [3.05, 3.63) is 60.2 Å². The zero-order valence-corrected chi connectivity index (χ0v) is 13.1. The van der Waals surface area contributed by atoms with Crippen molar-refractivity contribution in [1.29, 1.82) is 0 Å². The standard InChI is InChI=1S/C19H22N2O2/c22-19(21-13-15-12-20-10-11-23-14-15)18-9-5-4-8-17(18)16-6-2-1-3-7-16/h1-9,15,20H,10-14H2,(H,21,22). The number of carbonyl (C=O) groups excluding carboxylic acids is 1. The predicted octanol–water partition coefficient (Wildman–Crippen LogP) is 2.32. The van der Waals surface area contributed by atoms with Gasteiger partial charge in [-0.15, -0.1) is 0 Å². The van der Waals surface area contributed by atoms with Gasteiger partial charge in [0, 0.05) is 31.1 Å². The van der Waals surface area contributed by atoms with Crippen molar-refractivity contribution in [2.45, 2.75) is 0 Å². The summed E-state index contributed by atoms with van der Waals surface area (Å²) >= 11 is 0. The predicted molar refractivity (Wildman–Crippen MR) is 91.4 cm³/mol. The number of amides is 1. The highest BCUT2D eigenvalue weighted by Crippen LogP contribution is 2.23. The van der Waals surface area contributed by atoms with E-state index in [9.17, 15) is 4.79 Å². The van der Waals surface area contributed by atoms with Gasteiger partial charge in [-0.25, -0.2) is 0 Å². The van der Waals surface area contributed by atoms with E-state index in [-0.39, 0.29) is 5.91 Å². The van der Waals surface area contributed by atoms with Crippen molar-refractivity contribution in [3.8, 4) is 11.1 Å². The molecule has 2 aromatic carbocycles. The third kappa shape index (κ3) is 4.18. The Labute approximate surface area is 136 Å². The highest BCUT2D eigenvalue weighted by molar-refractivity contribution is 6.00. The molecule has 2 N–H and O–H groups in total. The Morgan fingerprint density at radius 3 is 2.78 bits per heavy atom. The molecular weight excluding hydrogens is 288 g/mol. The lowest BCUT2D eigenvalue weighted by Gasteiger charge is -2.16.